The normalized spacial score (nSPS) is 18.3. The minimum atomic E-state index is -0.450. The molecule has 110 valence electrons. The Bertz CT molecular complexity index is 678. The van der Waals surface area contributed by atoms with Crippen LogP contribution in [0.15, 0.2) is 24.3 Å². The highest BCUT2D eigenvalue weighted by Gasteiger charge is 2.23. The average molecular weight is 326 g/mol. The molecule has 2 aromatic rings. The third-order valence-electron chi connectivity index (χ3n) is 3.71. The van der Waals surface area contributed by atoms with E-state index in [1.165, 1.54) is 6.07 Å². The third kappa shape index (κ3) is 2.97. The second-order valence-corrected chi connectivity index (χ2v) is 5.98. The summed E-state index contributed by atoms with van der Waals surface area (Å²) >= 11 is 11.9. The first-order valence-corrected chi connectivity index (χ1v) is 7.57. The Morgan fingerprint density at radius 3 is 2.71 bits per heavy atom. The lowest BCUT2D eigenvalue weighted by molar-refractivity contribution is 0.628. The number of rotatable bonds is 2. The quantitative estimate of drug-likeness (QED) is 0.757. The van der Waals surface area contributed by atoms with E-state index in [2.05, 4.69) is 21.8 Å². The molecular formula is C15H14Cl2FN3. The number of hydrogen-bond donors (Lipinski definition) is 0. The maximum absolute atomic E-state index is 13.3. The van der Waals surface area contributed by atoms with Crippen LogP contribution in [0.5, 0.6) is 0 Å². The van der Waals surface area contributed by atoms with E-state index in [9.17, 15) is 4.39 Å². The fraction of sp³-hybridized carbons (Fsp3) is 0.333. The van der Waals surface area contributed by atoms with Gasteiger partial charge in [-0.1, -0.05) is 23.2 Å². The molecule has 6 heteroatoms. The molecule has 1 saturated heterocycles. The van der Waals surface area contributed by atoms with E-state index >= 15 is 0 Å². The maximum atomic E-state index is 13.3. The Morgan fingerprint density at radius 1 is 1.24 bits per heavy atom. The van der Waals surface area contributed by atoms with E-state index in [-0.39, 0.29) is 5.02 Å². The summed E-state index contributed by atoms with van der Waals surface area (Å²) in [7, 11) is 0. The lowest BCUT2D eigenvalue weighted by Crippen LogP contribution is -2.28. The summed E-state index contributed by atoms with van der Waals surface area (Å²) < 4.78 is 13.3. The largest absolute Gasteiger partial charge is 0.338 e. The van der Waals surface area contributed by atoms with Crippen LogP contribution in [-0.2, 0) is 0 Å². The zero-order valence-corrected chi connectivity index (χ0v) is 13.0. The van der Waals surface area contributed by atoms with E-state index in [1.54, 1.807) is 18.2 Å². The summed E-state index contributed by atoms with van der Waals surface area (Å²) in [6, 6.07) is 6.57. The Hall–Kier alpha value is -1.39. The minimum Gasteiger partial charge on any atom is -0.338 e. The highest BCUT2D eigenvalue weighted by molar-refractivity contribution is 6.31. The van der Waals surface area contributed by atoms with Crippen molar-refractivity contribution in [1.29, 1.82) is 0 Å². The van der Waals surface area contributed by atoms with Crippen molar-refractivity contribution in [2.45, 2.75) is 25.8 Å². The van der Waals surface area contributed by atoms with Crippen LogP contribution in [0.3, 0.4) is 0 Å². The second kappa shape index (κ2) is 5.78. The summed E-state index contributed by atoms with van der Waals surface area (Å²) in [4.78, 5) is 11.0. The van der Waals surface area contributed by atoms with Gasteiger partial charge >= 0.3 is 0 Å². The van der Waals surface area contributed by atoms with Gasteiger partial charge < -0.3 is 4.90 Å². The Labute approximate surface area is 132 Å². The van der Waals surface area contributed by atoms with Crippen LogP contribution >= 0.6 is 23.2 Å². The molecule has 0 saturated carbocycles. The van der Waals surface area contributed by atoms with Gasteiger partial charge in [0, 0.05) is 24.2 Å². The first-order chi connectivity index (χ1) is 10.0. The van der Waals surface area contributed by atoms with E-state index < -0.39 is 5.82 Å². The fourth-order valence-electron chi connectivity index (χ4n) is 2.57. The van der Waals surface area contributed by atoms with Gasteiger partial charge in [0.1, 0.15) is 11.0 Å². The smallest absolute Gasteiger partial charge is 0.227 e. The van der Waals surface area contributed by atoms with Crippen molar-refractivity contribution in [2.24, 2.45) is 0 Å². The molecule has 1 aromatic heterocycles. The molecule has 1 aliphatic rings. The van der Waals surface area contributed by atoms with Gasteiger partial charge in [0.05, 0.1) is 10.7 Å². The number of hydrogen-bond acceptors (Lipinski definition) is 3. The zero-order valence-electron chi connectivity index (χ0n) is 11.5. The Kier molecular flexibility index (Phi) is 4.00. The number of anilines is 1. The maximum Gasteiger partial charge on any atom is 0.227 e. The van der Waals surface area contributed by atoms with Gasteiger partial charge in [-0.2, -0.15) is 0 Å². The van der Waals surface area contributed by atoms with Gasteiger partial charge in [0.15, 0.2) is 0 Å². The first kappa shape index (κ1) is 14.5. The van der Waals surface area contributed by atoms with Crippen molar-refractivity contribution in [1.82, 2.24) is 9.97 Å². The van der Waals surface area contributed by atoms with E-state index in [0.717, 1.165) is 24.9 Å². The third-order valence-corrected chi connectivity index (χ3v) is 4.19. The molecule has 0 radical (unpaired) electrons. The highest BCUT2D eigenvalue weighted by Crippen LogP contribution is 2.29. The summed E-state index contributed by atoms with van der Waals surface area (Å²) in [5.74, 6) is 0.164. The summed E-state index contributed by atoms with van der Waals surface area (Å²) in [6.45, 7) is 3.07. The van der Waals surface area contributed by atoms with Gasteiger partial charge in [-0.05, 0) is 38.0 Å². The molecule has 2 heterocycles. The molecular weight excluding hydrogens is 312 g/mol. The molecule has 0 unspecified atom stereocenters. The average Bonchev–Trinajstić information content (AvgIpc) is 2.87. The van der Waals surface area contributed by atoms with Crippen LogP contribution in [-0.4, -0.2) is 22.6 Å². The number of nitrogens with zero attached hydrogens (tertiary/aromatic N) is 3. The minimum absolute atomic E-state index is 0.0679. The molecule has 0 bridgehead atoms. The summed E-state index contributed by atoms with van der Waals surface area (Å²) in [5.41, 5.74) is 1.37. The molecule has 1 aliphatic heterocycles. The van der Waals surface area contributed by atoms with E-state index in [4.69, 9.17) is 23.2 Å². The number of benzene rings is 1. The van der Waals surface area contributed by atoms with Gasteiger partial charge in [0.2, 0.25) is 5.95 Å². The fourth-order valence-corrected chi connectivity index (χ4v) is 2.93. The summed E-state index contributed by atoms with van der Waals surface area (Å²) in [5, 5.41) is 0.438. The SMILES string of the molecule is C[C@H]1CCCN1c1nc(Cl)cc(-c2ccc(F)c(Cl)c2)n1. The molecule has 21 heavy (non-hydrogen) atoms. The van der Waals surface area contributed by atoms with Crippen LogP contribution in [0, 0.1) is 5.82 Å². The summed E-state index contributed by atoms with van der Waals surface area (Å²) in [6.07, 6.45) is 2.24. The second-order valence-electron chi connectivity index (χ2n) is 5.19. The van der Waals surface area contributed by atoms with E-state index in [1.807, 2.05) is 0 Å². The molecule has 0 spiro atoms. The van der Waals surface area contributed by atoms with Gasteiger partial charge in [0.25, 0.3) is 0 Å². The van der Waals surface area contributed by atoms with Crippen molar-refractivity contribution < 1.29 is 4.39 Å². The van der Waals surface area contributed by atoms with Crippen molar-refractivity contribution in [2.75, 3.05) is 11.4 Å². The van der Waals surface area contributed by atoms with Crippen LogP contribution in [0.4, 0.5) is 10.3 Å². The van der Waals surface area contributed by atoms with Crippen LogP contribution < -0.4 is 4.90 Å². The van der Waals surface area contributed by atoms with Crippen molar-refractivity contribution in [3.05, 3.63) is 40.3 Å². The van der Waals surface area contributed by atoms with E-state index in [0.29, 0.717) is 22.8 Å². The topological polar surface area (TPSA) is 29.0 Å². The molecule has 1 atom stereocenters. The van der Waals surface area contributed by atoms with Gasteiger partial charge in [-0.15, -0.1) is 0 Å². The standard InChI is InChI=1S/C15H14Cl2FN3/c1-9-3-2-6-21(9)15-19-13(8-14(17)20-15)10-4-5-12(18)11(16)7-10/h4-5,7-9H,2-3,6H2,1H3/t9-/m0/s1. The van der Waals surface area contributed by atoms with Crippen LogP contribution in [0.2, 0.25) is 10.2 Å². The first-order valence-electron chi connectivity index (χ1n) is 6.81. The lowest BCUT2D eigenvalue weighted by Gasteiger charge is -2.21. The van der Waals surface area contributed by atoms with Gasteiger partial charge in [-0.25, -0.2) is 14.4 Å². The molecule has 0 N–H and O–H groups in total. The van der Waals surface area contributed by atoms with Crippen molar-refractivity contribution >= 4 is 29.2 Å². The molecule has 3 nitrogen and oxygen atoms in total. The molecule has 1 fully saturated rings. The molecule has 1 aromatic carbocycles. The molecule has 3 rings (SSSR count). The monoisotopic (exact) mass is 325 g/mol. The predicted octanol–water partition coefficient (Wildman–Crippen LogP) is 4.58. The van der Waals surface area contributed by atoms with Crippen molar-refractivity contribution in [3.8, 4) is 11.3 Å². The Balaban J connectivity index is 2.02. The number of halogens is 3. The molecule has 0 aliphatic carbocycles. The Morgan fingerprint density at radius 2 is 2.05 bits per heavy atom. The lowest BCUT2D eigenvalue weighted by atomic mass is 10.1. The van der Waals surface area contributed by atoms with Crippen LogP contribution in [0.1, 0.15) is 19.8 Å². The zero-order chi connectivity index (χ0) is 15.0. The van der Waals surface area contributed by atoms with Crippen LogP contribution in [0.25, 0.3) is 11.3 Å². The number of aromatic nitrogens is 2. The van der Waals surface area contributed by atoms with Crippen molar-refractivity contribution in [3.63, 3.8) is 0 Å². The van der Waals surface area contributed by atoms with Gasteiger partial charge in [-0.3, -0.25) is 0 Å². The highest BCUT2D eigenvalue weighted by atomic mass is 35.5. The predicted molar refractivity (Wildman–Crippen MR) is 83.5 cm³/mol. The molecule has 0 amide bonds.